The molecule has 8 rings (SSSR count). The summed E-state index contributed by atoms with van der Waals surface area (Å²) in [6, 6.07) is 6.19. The Balaban J connectivity index is 0.000000143. The fraction of sp³-hybridized carbons (Fsp3) is 0.375. The lowest BCUT2D eigenvalue weighted by molar-refractivity contribution is -0.133. The number of halogens is 4. The molecule has 2 aliphatic heterocycles. The molecule has 44 heavy (non-hydrogen) atoms. The van der Waals surface area contributed by atoms with Crippen molar-refractivity contribution in [1.82, 2.24) is 9.97 Å². The third kappa shape index (κ3) is 4.03. The lowest BCUT2D eigenvalue weighted by atomic mass is 9.62. The van der Waals surface area contributed by atoms with E-state index in [4.69, 9.17) is 4.74 Å². The number of rotatable bonds is 2. The van der Waals surface area contributed by atoms with Crippen molar-refractivity contribution in [2.75, 3.05) is 30.5 Å². The summed E-state index contributed by atoms with van der Waals surface area (Å²) in [5, 5.41) is 11.3. The quantitative estimate of drug-likeness (QED) is 0.270. The minimum atomic E-state index is -0.679. The number of fused-ring (bicyclic) bond motifs is 8. The molecule has 228 valence electrons. The Kier molecular flexibility index (Phi) is 6.89. The molecule has 0 radical (unpaired) electrons. The largest absolute Gasteiger partial charge is 0.393 e. The van der Waals surface area contributed by atoms with Gasteiger partial charge in [-0.3, -0.25) is 19.6 Å². The molecule has 12 heteroatoms. The van der Waals surface area contributed by atoms with Crippen molar-refractivity contribution < 1.29 is 28.2 Å². The van der Waals surface area contributed by atoms with Crippen LogP contribution in [0.25, 0.3) is 21.8 Å². The molecule has 0 bridgehead atoms. The fourth-order valence-corrected chi connectivity index (χ4v) is 8.20. The first kappa shape index (κ1) is 29.6. The molecule has 2 amide bonds. The van der Waals surface area contributed by atoms with Gasteiger partial charge in [-0.05, 0) is 76.6 Å². The number of carbonyl (C=O) groups excluding carboxylic acids is 2. The molecule has 4 aliphatic rings. The average molecular weight is 730 g/mol. The second-order valence-electron chi connectivity index (χ2n) is 12.0. The van der Waals surface area contributed by atoms with Crippen LogP contribution in [0.3, 0.4) is 0 Å². The molecular formula is C32H28Br2F2N4O4. The van der Waals surface area contributed by atoms with E-state index in [1.165, 1.54) is 12.1 Å². The zero-order chi connectivity index (χ0) is 31.3. The first-order valence-corrected chi connectivity index (χ1v) is 15.9. The number of amides is 2. The smallest absolute Gasteiger partial charge is 0.237 e. The van der Waals surface area contributed by atoms with Crippen LogP contribution in [0.5, 0.6) is 0 Å². The maximum Gasteiger partial charge on any atom is 0.237 e. The molecule has 2 fully saturated rings. The van der Waals surface area contributed by atoms with Crippen LogP contribution >= 0.6 is 31.9 Å². The van der Waals surface area contributed by atoms with Crippen LogP contribution < -0.4 is 9.80 Å². The van der Waals surface area contributed by atoms with E-state index in [1.54, 1.807) is 48.4 Å². The number of carbonyl (C=O) groups is 2. The summed E-state index contributed by atoms with van der Waals surface area (Å²) in [7, 11) is 3.49. The van der Waals surface area contributed by atoms with E-state index in [2.05, 4.69) is 41.8 Å². The summed E-state index contributed by atoms with van der Waals surface area (Å²) in [6.07, 6.45) is 5.11. The summed E-state index contributed by atoms with van der Waals surface area (Å²) in [6.45, 7) is 2.60. The van der Waals surface area contributed by atoms with Gasteiger partial charge in [0.2, 0.25) is 11.8 Å². The molecule has 4 aromatic rings. The Morgan fingerprint density at radius 1 is 0.841 bits per heavy atom. The van der Waals surface area contributed by atoms with Gasteiger partial charge in [-0.25, -0.2) is 8.78 Å². The topological polar surface area (TPSA) is 95.9 Å². The van der Waals surface area contributed by atoms with Gasteiger partial charge in [0.1, 0.15) is 11.6 Å². The first-order chi connectivity index (χ1) is 20.9. The number of hydrogen-bond donors (Lipinski definition) is 1. The second kappa shape index (κ2) is 10.2. The van der Waals surface area contributed by atoms with E-state index in [1.807, 2.05) is 6.92 Å². The van der Waals surface area contributed by atoms with E-state index in [0.717, 1.165) is 33.3 Å². The van der Waals surface area contributed by atoms with Crippen molar-refractivity contribution in [1.29, 1.82) is 0 Å². The normalized spacial score (nSPS) is 26.6. The number of likely N-dealkylation sites (N-methyl/N-ethyl adjacent to an activating group) is 2. The van der Waals surface area contributed by atoms with Crippen molar-refractivity contribution in [3.63, 3.8) is 0 Å². The average Bonchev–Trinajstić information content (AvgIpc) is 3.31. The van der Waals surface area contributed by atoms with Crippen LogP contribution in [0.4, 0.5) is 20.2 Å². The Hall–Kier alpha value is -3.06. The Morgan fingerprint density at radius 2 is 1.27 bits per heavy atom. The highest BCUT2D eigenvalue weighted by Crippen LogP contribution is 2.57. The second-order valence-corrected chi connectivity index (χ2v) is 13.8. The van der Waals surface area contributed by atoms with Crippen molar-refractivity contribution in [2.45, 2.75) is 55.6 Å². The van der Waals surface area contributed by atoms with Gasteiger partial charge in [0, 0.05) is 54.7 Å². The molecule has 2 saturated carbocycles. The monoisotopic (exact) mass is 728 g/mol. The zero-order valence-electron chi connectivity index (χ0n) is 24.1. The number of aromatic nitrogens is 2. The molecule has 0 unspecified atom stereocenters. The molecule has 1 N–H and O–H groups in total. The Morgan fingerprint density at radius 3 is 1.68 bits per heavy atom. The Labute approximate surface area is 268 Å². The summed E-state index contributed by atoms with van der Waals surface area (Å²) < 4.78 is 33.9. The number of anilines is 2. The third-order valence-corrected chi connectivity index (χ3v) is 10.8. The van der Waals surface area contributed by atoms with Crippen molar-refractivity contribution >= 4 is 76.9 Å². The van der Waals surface area contributed by atoms with E-state index < -0.39 is 16.9 Å². The molecule has 4 heterocycles. The van der Waals surface area contributed by atoms with E-state index in [9.17, 15) is 23.5 Å². The van der Waals surface area contributed by atoms with Crippen molar-refractivity contribution in [2.24, 2.45) is 0 Å². The third-order valence-electron chi connectivity index (χ3n) is 9.61. The lowest BCUT2D eigenvalue weighted by Crippen LogP contribution is -2.52. The molecule has 2 aromatic heterocycles. The number of ether oxygens (including phenoxy) is 1. The van der Waals surface area contributed by atoms with Crippen LogP contribution in [0, 0.1) is 11.6 Å². The first-order valence-electron chi connectivity index (χ1n) is 14.3. The Bertz CT molecular complexity index is 1910. The molecule has 2 aromatic carbocycles. The maximum absolute atomic E-state index is 13.8. The van der Waals surface area contributed by atoms with Gasteiger partial charge in [-0.15, -0.1) is 0 Å². The number of aliphatic hydroxyl groups is 1. The van der Waals surface area contributed by atoms with Gasteiger partial charge >= 0.3 is 0 Å². The number of pyridine rings is 2. The van der Waals surface area contributed by atoms with Crippen LogP contribution in [0.15, 0.2) is 45.6 Å². The molecule has 2 aliphatic carbocycles. The van der Waals surface area contributed by atoms with Gasteiger partial charge < -0.3 is 19.6 Å². The minimum absolute atomic E-state index is 0.0162. The number of hydrogen-bond acceptors (Lipinski definition) is 6. The number of aliphatic hydroxyl groups excluding tert-OH is 1. The summed E-state index contributed by atoms with van der Waals surface area (Å²) >= 11 is 6.44. The maximum atomic E-state index is 13.8. The summed E-state index contributed by atoms with van der Waals surface area (Å²) in [4.78, 5) is 37.3. The van der Waals surface area contributed by atoms with E-state index in [0.29, 0.717) is 52.3 Å². The molecule has 2 spiro atoms. The highest BCUT2D eigenvalue weighted by molar-refractivity contribution is 9.10. The van der Waals surface area contributed by atoms with E-state index in [-0.39, 0.29) is 29.6 Å². The van der Waals surface area contributed by atoms with Gasteiger partial charge in [0.15, 0.2) is 0 Å². The lowest BCUT2D eigenvalue weighted by Gasteiger charge is -2.43. The summed E-state index contributed by atoms with van der Waals surface area (Å²) in [5.41, 5.74) is 3.27. The number of nitrogens with zero attached hydrogens (tertiary/aromatic N) is 4. The molecule has 0 saturated heterocycles. The van der Waals surface area contributed by atoms with Gasteiger partial charge in [0.05, 0.1) is 66.8 Å². The van der Waals surface area contributed by atoms with Crippen molar-refractivity contribution in [3.8, 4) is 0 Å². The standard InChI is InChI=1S/C17H16BrFN2O2.C15H12BrFN2O2/c1-3-23-9-6-17(7-9)15-10-4-11(18)12(19)5-13(10)20-8-14(15)21(2)16(17)22;1-19-12-6-18-11-3-10(17)9(16)2-8(11)13(12)15(14(19)21)4-7(20)5-15/h4-5,8-9H,3,6-7H2,1-2H3;2-3,6-7,20H,4-5H2,1H3. The molecule has 0 atom stereocenters. The summed E-state index contributed by atoms with van der Waals surface area (Å²) in [5.74, 6) is -0.663. The predicted molar refractivity (Wildman–Crippen MR) is 169 cm³/mol. The predicted octanol–water partition coefficient (Wildman–Crippen LogP) is 6.05. The van der Waals surface area contributed by atoms with Crippen LogP contribution in [-0.2, 0) is 25.2 Å². The highest BCUT2D eigenvalue weighted by atomic mass is 79.9. The van der Waals surface area contributed by atoms with Gasteiger partial charge in [0.25, 0.3) is 0 Å². The molecular weight excluding hydrogens is 702 g/mol. The van der Waals surface area contributed by atoms with Gasteiger partial charge in [-0.1, -0.05) is 0 Å². The van der Waals surface area contributed by atoms with Crippen LogP contribution in [-0.4, -0.2) is 59.8 Å². The van der Waals surface area contributed by atoms with Crippen LogP contribution in [0.2, 0.25) is 0 Å². The minimum Gasteiger partial charge on any atom is -0.393 e. The van der Waals surface area contributed by atoms with E-state index >= 15 is 0 Å². The van der Waals surface area contributed by atoms with Gasteiger partial charge in [-0.2, -0.15) is 0 Å². The SMILES string of the molecule is CCOC1CC2(C1)C(=O)N(C)c1cnc3cc(F)c(Br)cc3c12.CN1C(=O)C2(CC(O)C2)c2c1cnc1cc(F)c(Br)cc21. The van der Waals surface area contributed by atoms with Crippen molar-refractivity contribution in [3.05, 3.63) is 68.4 Å². The zero-order valence-corrected chi connectivity index (χ0v) is 27.3. The fourth-order valence-electron chi connectivity index (χ4n) is 7.52. The van der Waals surface area contributed by atoms with Crippen LogP contribution in [0.1, 0.15) is 43.7 Å². The molecule has 8 nitrogen and oxygen atoms in total. The highest BCUT2D eigenvalue weighted by Gasteiger charge is 2.59. The number of benzene rings is 2.